The lowest BCUT2D eigenvalue weighted by Gasteiger charge is -2.16. The van der Waals surface area contributed by atoms with Gasteiger partial charge in [0.25, 0.3) is 0 Å². The van der Waals surface area contributed by atoms with Crippen molar-refractivity contribution in [3.05, 3.63) is 71.0 Å². The van der Waals surface area contributed by atoms with Gasteiger partial charge in [0, 0.05) is 11.3 Å². The third kappa shape index (κ3) is 3.71. The zero-order valence-corrected chi connectivity index (χ0v) is 16.3. The van der Waals surface area contributed by atoms with Crippen molar-refractivity contribution in [3.63, 3.8) is 0 Å². The van der Waals surface area contributed by atoms with Crippen LogP contribution in [-0.2, 0) is 17.6 Å². The average molecular weight is 406 g/mol. The molecule has 3 aromatic rings. The number of hydrogen-bond donors (Lipinski definition) is 3. The van der Waals surface area contributed by atoms with Crippen LogP contribution in [0.2, 0.25) is 0 Å². The van der Waals surface area contributed by atoms with Crippen LogP contribution in [0.4, 0.5) is 0 Å². The van der Waals surface area contributed by atoms with E-state index in [2.05, 4.69) is 5.10 Å². The van der Waals surface area contributed by atoms with Crippen molar-refractivity contribution < 1.29 is 24.9 Å². The molecule has 7 heteroatoms. The number of aromatic carboxylic acids is 1. The van der Waals surface area contributed by atoms with E-state index in [1.807, 2.05) is 36.4 Å². The highest BCUT2D eigenvalue weighted by Crippen LogP contribution is 2.32. The Morgan fingerprint density at radius 3 is 2.57 bits per heavy atom. The second-order valence-corrected chi connectivity index (χ2v) is 7.45. The first-order valence-corrected chi connectivity index (χ1v) is 9.89. The zero-order valence-electron chi connectivity index (χ0n) is 16.3. The molecule has 1 aliphatic carbocycles. The van der Waals surface area contributed by atoms with Crippen molar-refractivity contribution >= 4 is 11.9 Å². The van der Waals surface area contributed by atoms with Gasteiger partial charge in [-0.2, -0.15) is 5.10 Å². The van der Waals surface area contributed by atoms with Gasteiger partial charge in [-0.05, 0) is 54.5 Å². The largest absolute Gasteiger partial charge is 0.481 e. The highest BCUT2D eigenvalue weighted by molar-refractivity contribution is 5.87. The number of carbonyl (C=O) groups is 2. The van der Waals surface area contributed by atoms with Gasteiger partial charge < -0.3 is 15.3 Å². The number of benzene rings is 2. The predicted molar refractivity (Wildman–Crippen MR) is 110 cm³/mol. The average Bonchev–Trinajstić information content (AvgIpc) is 3.13. The molecule has 1 heterocycles. The van der Waals surface area contributed by atoms with Crippen molar-refractivity contribution in [2.75, 3.05) is 0 Å². The first-order valence-electron chi connectivity index (χ1n) is 9.89. The Bertz CT molecular complexity index is 1120. The monoisotopic (exact) mass is 406 g/mol. The molecule has 7 nitrogen and oxygen atoms in total. The number of carboxylic acids is 2. The van der Waals surface area contributed by atoms with Gasteiger partial charge in [-0.3, -0.25) is 4.79 Å². The highest BCUT2D eigenvalue weighted by Gasteiger charge is 2.25. The molecule has 0 spiro atoms. The minimum absolute atomic E-state index is 0.104. The molecule has 0 bridgehead atoms. The minimum Gasteiger partial charge on any atom is -0.481 e. The van der Waals surface area contributed by atoms with Crippen LogP contribution >= 0.6 is 0 Å². The molecule has 1 atom stereocenters. The lowest BCUT2D eigenvalue weighted by atomic mass is 9.94. The third-order valence-electron chi connectivity index (χ3n) is 5.47. The van der Waals surface area contributed by atoms with Gasteiger partial charge in [-0.15, -0.1) is 0 Å². The Hall–Kier alpha value is -3.45. The topological polar surface area (TPSA) is 113 Å². The maximum atomic E-state index is 11.7. The molecule has 1 unspecified atom stereocenters. The van der Waals surface area contributed by atoms with Crippen molar-refractivity contribution in [2.24, 2.45) is 0 Å². The van der Waals surface area contributed by atoms with E-state index in [0.717, 1.165) is 47.3 Å². The molecule has 1 aromatic heterocycles. The summed E-state index contributed by atoms with van der Waals surface area (Å²) in [6.07, 6.45) is 1.91. The second kappa shape index (κ2) is 8.12. The molecule has 1 aliphatic rings. The summed E-state index contributed by atoms with van der Waals surface area (Å²) in [6.45, 7) is 0. The number of carboxylic acid groups (broad SMARTS) is 2. The standard InChI is InChI=1S/C23H22N2O5/c26-20(13-21(27)28)17-9-2-1-8-16(17)14-6-5-7-15(12-14)25-19-11-4-3-10-18(19)22(24-25)23(29)30/h1-2,5-9,12,20,26H,3-4,10-11,13H2,(H,27,28)(H,29,30). The minimum atomic E-state index is -1.13. The zero-order chi connectivity index (χ0) is 21.3. The maximum absolute atomic E-state index is 11.7. The van der Waals surface area contributed by atoms with E-state index in [0.29, 0.717) is 12.0 Å². The summed E-state index contributed by atoms with van der Waals surface area (Å²) in [5.74, 6) is -2.10. The molecule has 2 aromatic carbocycles. The van der Waals surface area contributed by atoms with Crippen molar-refractivity contribution in [1.29, 1.82) is 0 Å². The fourth-order valence-corrected chi connectivity index (χ4v) is 4.12. The number of aliphatic carboxylic acids is 1. The normalized spacial score (nSPS) is 14.2. The molecule has 0 saturated carbocycles. The smallest absolute Gasteiger partial charge is 0.356 e. The van der Waals surface area contributed by atoms with Gasteiger partial charge in [0.1, 0.15) is 0 Å². The van der Waals surface area contributed by atoms with Crippen molar-refractivity contribution in [1.82, 2.24) is 9.78 Å². The summed E-state index contributed by atoms with van der Waals surface area (Å²) in [6, 6.07) is 14.6. The summed E-state index contributed by atoms with van der Waals surface area (Å²) in [5, 5.41) is 33.4. The Morgan fingerprint density at radius 2 is 1.80 bits per heavy atom. The molecule has 4 rings (SSSR count). The number of aliphatic hydroxyl groups excluding tert-OH is 1. The van der Waals surface area contributed by atoms with Gasteiger partial charge in [-0.25, -0.2) is 9.48 Å². The van der Waals surface area contributed by atoms with Crippen LogP contribution in [0.25, 0.3) is 16.8 Å². The molecule has 3 N–H and O–H groups in total. The Labute approximate surface area is 173 Å². The van der Waals surface area contributed by atoms with Gasteiger partial charge in [-0.1, -0.05) is 36.4 Å². The lowest BCUT2D eigenvalue weighted by Crippen LogP contribution is -2.08. The summed E-state index contributed by atoms with van der Waals surface area (Å²) in [4.78, 5) is 22.7. The third-order valence-corrected chi connectivity index (χ3v) is 5.47. The summed E-state index contributed by atoms with van der Waals surface area (Å²) < 4.78 is 1.71. The van der Waals surface area contributed by atoms with Gasteiger partial charge in [0.05, 0.1) is 18.2 Å². The Balaban J connectivity index is 1.79. The van der Waals surface area contributed by atoms with E-state index >= 15 is 0 Å². The molecule has 154 valence electrons. The lowest BCUT2D eigenvalue weighted by molar-refractivity contribution is -0.139. The van der Waals surface area contributed by atoms with Crippen LogP contribution in [0.5, 0.6) is 0 Å². The number of aliphatic hydroxyl groups is 1. The number of nitrogens with zero attached hydrogens (tertiary/aromatic N) is 2. The van der Waals surface area contributed by atoms with Crippen LogP contribution in [0.15, 0.2) is 48.5 Å². The van der Waals surface area contributed by atoms with Crippen LogP contribution < -0.4 is 0 Å². The predicted octanol–water partition coefficient (Wildman–Crippen LogP) is 3.62. The Morgan fingerprint density at radius 1 is 1.03 bits per heavy atom. The molecule has 0 saturated heterocycles. The summed E-state index contributed by atoms with van der Waals surface area (Å²) >= 11 is 0. The first-order chi connectivity index (χ1) is 14.5. The van der Waals surface area contributed by atoms with E-state index in [-0.39, 0.29) is 12.1 Å². The fraction of sp³-hybridized carbons (Fsp3) is 0.261. The number of aromatic nitrogens is 2. The highest BCUT2D eigenvalue weighted by atomic mass is 16.4. The summed E-state index contributed by atoms with van der Waals surface area (Å²) in [7, 11) is 0. The molecule has 0 radical (unpaired) electrons. The van der Waals surface area contributed by atoms with Gasteiger partial charge in [0.15, 0.2) is 5.69 Å². The first kappa shape index (κ1) is 19.8. The molecular formula is C23H22N2O5. The quantitative estimate of drug-likeness (QED) is 0.576. The maximum Gasteiger partial charge on any atom is 0.356 e. The van der Waals surface area contributed by atoms with E-state index in [9.17, 15) is 19.8 Å². The number of rotatable bonds is 6. The van der Waals surface area contributed by atoms with E-state index < -0.39 is 18.0 Å². The van der Waals surface area contributed by atoms with Crippen LogP contribution in [-0.4, -0.2) is 37.0 Å². The number of hydrogen-bond acceptors (Lipinski definition) is 4. The summed E-state index contributed by atoms with van der Waals surface area (Å²) in [5.41, 5.74) is 4.63. The fourth-order valence-electron chi connectivity index (χ4n) is 4.12. The van der Waals surface area contributed by atoms with Crippen molar-refractivity contribution in [2.45, 2.75) is 38.2 Å². The van der Waals surface area contributed by atoms with Crippen molar-refractivity contribution in [3.8, 4) is 16.8 Å². The molecule has 0 fully saturated rings. The van der Waals surface area contributed by atoms with Gasteiger partial charge >= 0.3 is 11.9 Å². The van der Waals surface area contributed by atoms with E-state index in [4.69, 9.17) is 5.11 Å². The molecule has 30 heavy (non-hydrogen) atoms. The van der Waals surface area contributed by atoms with Crippen LogP contribution in [0.3, 0.4) is 0 Å². The SMILES string of the molecule is O=C(O)CC(O)c1ccccc1-c1cccc(-n2nc(C(=O)O)c3c2CCCC3)c1. The van der Waals surface area contributed by atoms with Crippen LogP contribution in [0, 0.1) is 0 Å². The van der Waals surface area contributed by atoms with E-state index in [1.165, 1.54) is 0 Å². The Kier molecular flexibility index (Phi) is 5.37. The van der Waals surface area contributed by atoms with Gasteiger partial charge in [0.2, 0.25) is 0 Å². The molecule has 0 aliphatic heterocycles. The number of fused-ring (bicyclic) bond motifs is 1. The van der Waals surface area contributed by atoms with E-state index in [1.54, 1.807) is 16.8 Å². The molecular weight excluding hydrogens is 384 g/mol. The second-order valence-electron chi connectivity index (χ2n) is 7.45. The molecule has 0 amide bonds. The van der Waals surface area contributed by atoms with Crippen LogP contribution in [0.1, 0.15) is 52.7 Å².